The molecule has 0 atom stereocenters. The Hall–Kier alpha value is -2.12. The molecule has 0 radical (unpaired) electrons. The van der Waals surface area contributed by atoms with Crippen LogP contribution in [0.3, 0.4) is 0 Å². The molecule has 2 aromatic carbocycles. The Morgan fingerprint density at radius 1 is 1.16 bits per heavy atom. The van der Waals surface area contributed by atoms with Gasteiger partial charge in [0.05, 0.1) is 11.1 Å². The highest BCUT2D eigenvalue weighted by Crippen LogP contribution is 2.24. The fourth-order valence-corrected chi connectivity index (χ4v) is 3.91. The third kappa shape index (κ3) is 3.48. The van der Waals surface area contributed by atoms with Crippen molar-refractivity contribution in [2.24, 2.45) is 5.10 Å². The number of sulfonamides is 1. The van der Waals surface area contributed by atoms with Crippen molar-refractivity contribution in [1.82, 2.24) is 9.40 Å². The molecule has 0 fully saturated rings. The number of aromatic nitrogens is 1. The molecule has 0 aliphatic heterocycles. The van der Waals surface area contributed by atoms with Crippen LogP contribution in [0.4, 0.5) is 0 Å². The largest absolute Gasteiger partial charge is 0.344 e. The summed E-state index contributed by atoms with van der Waals surface area (Å²) < 4.78 is 27.6. The van der Waals surface area contributed by atoms with Gasteiger partial charge in [0.25, 0.3) is 10.0 Å². The van der Waals surface area contributed by atoms with Gasteiger partial charge in [-0.15, -0.1) is 0 Å². The van der Waals surface area contributed by atoms with Gasteiger partial charge in [-0.25, -0.2) is 4.83 Å². The number of hydrogen-bond donors (Lipinski definition) is 1. The first-order valence-corrected chi connectivity index (χ1v) is 10.1. The topological polar surface area (TPSA) is 63.5 Å². The quantitative estimate of drug-likeness (QED) is 0.500. The molecule has 0 aliphatic carbocycles. The minimum absolute atomic E-state index is 0.167. The van der Waals surface area contributed by atoms with E-state index in [4.69, 9.17) is 0 Å². The van der Waals surface area contributed by atoms with Crippen LogP contribution in [0.15, 0.2) is 63.0 Å². The van der Waals surface area contributed by atoms with Gasteiger partial charge in [0, 0.05) is 33.2 Å². The summed E-state index contributed by atoms with van der Waals surface area (Å²) in [7, 11) is -3.69. The van der Waals surface area contributed by atoms with E-state index in [1.807, 2.05) is 25.1 Å². The molecular formula is C18H18BrN3O2S. The standard InChI is InChI=1S/C18H18BrN3O2S/c1-3-22-13(2)17(16-6-4-5-7-18(16)22)12-20-21-25(23,24)15-10-8-14(19)9-11-15/h4-12,21H,3H2,1-2H3/b20-12+. The van der Waals surface area contributed by atoms with Crippen molar-refractivity contribution < 1.29 is 8.42 Å². The molecular weight excluding hydrogens is 402 g/mol. The zero-order valence-electron chi connectivity index (χ0n) is 13.9. The number of halogens is 1. The molecule has 0 unspecified atom stereocenters. The molecule has 7 heteroatoms. The van der Waals surface area contributed by atoms with Crippen LogP contribution in [-0.2, 0) is 16.6 Å². The molecule has 3 aromatic rings. The lowest BCUT2D eigenvalue weighted by Crippen LogP contribution is -2.18. The Labute approximate surface area is 155 Å². The maximum Gasteiger partial charge on any atom is 0.276 e. The van der Waals surface area contributed by atoms with Crippen LogP contribution in [0.5, 0.6) is 0 Å². The predicted octanol–water partition coefficient (Wildman–Crippen LogP) is 4.04. The van der Waals surface area contributed by atoms with Crippen LogP contribution in [0.25, 0.3) is 10.9 Å². The van der Waals surface area contributed by atoms with Gasteiger partial charge in [-0.2, -0.15) is 13.5 Å². The number of hydrazone groups is 1. The minimum Gasteiger partial charge on any atom is -0.344 e. The highest BCUT2D eigenvalue weighted by Gasteiger charge is 2.14. The molecule has 0 spiro atoms. The highest BCUT2D eigenvalue weighted by atomic mass is 79.9. The first-order chi connectivity index (χ1) is 11.9. The van der Waals surface area contributed by atoms with Gasteiger partial charge in [-0.05, 0) is 44.2 Å². The summed E-state index contributed by atoms with van der Waals surface area (Å²) >= 11 is 3.29. The van der Waals surface area contributed by atoms with Crippen molar-refractivity contribution in [1.29, 1.82) is 0 Å². The Bertz CT molecular complexity index is 1040. The van der Waals surface area contributed by atoms with E-state index < -0.39 is 10.0 Å². The molecule has 0 saturated carbocycles. The molecule has 25 heavy (non-hydrogen) atoms. The van der Waals surface area contributed by atoms with Crippen molar-refractivity contribution in [3.8, 4) is 0 Å². The molecule has 0 bridgehead atoms. The number of aryl methyl sites for hydroxylation is 1. The number of nitrogens with zero attached hydrogens (tertiary/aromatic N) is 2. The number of hydrogen-bond acceptors (Lipinski definition) is 3. The number of fused-ring (bicyclic) bond motifs is 1. The molecule has 130 valence electrons. The predicted molar refractivity (Wildman–Crippen MR) is 104 cm³/mol. The van der Waals surface area contributed by atoms with E-state index in [1.165, 1.54) is 12.1 Å². The van der Waals surface area contributed by atoms with Gasteiger partial charge in [0.15, 0.2) is 0 Å². The fourth-order valence-electron chi connectivity index (χ4n) is 2.85. The molecule has 5 nitrogen and oxygen atoms in total. The lowest BCUT2D eigenvalue weighted by atomic mass is 10.1. The maximum atomic E-state index is 12.3. The van der Waals surface area contributed by atoms with E-state index in [0.717, 1.165) is 33.2 Å². The molecule has 1 aromatic heterocycles. The van der Waals surface area contributed by atoms with E-state index in [1.54, 1.807) is 18.3 Å². The fraction of sp³-hybridized carbons (Fsp3) is 0.167. The van der Waals surface area contributed by atoms with E-state index in [2.05, 4.69) is 43.4 Å². The third-order valence-corrected chi connectivity index (χ3v) is 5.85. The summed E-state index contributed by atoms with van der Waals surface area (Å²) in [6.07, 6.45) is 1.57. The van der Waals surface area contributed by atoms with Gasteiger partial charge in [0.1, 0.15) is 0 Å². The van der Waals surface area contributed by atoms with Crippen LogP contribution in [0.2, 0.25) is 0 Å². The van der Waals surface area contributed by atoms with E-state index in [0.29, 0.717) is 0 Å². The van der Waals surface area contributed by atoms with E-state index in [-0.39, 0.29) is 4.90 Å². The summed E-state index contributed by atoms with van der Waals surface area (Å²) in [4.78, 5) is 2.45. The Morgan fingerprint density at radius 3 is 2.52 bits per heavy atom. The first kappa shape index (κ1) is 17.7. The average Bonchev–Trinajstić information content (AvgIpc) is 2.87. The lowest BCUT2D eigenvalue weighted by molar-refractivity contribution is 0.584. The van der Waals surface area contributed by atoms with Crippen LogP contribution < -0.4 is 4.83 Å². The molecule has 1 N–H and O–H groups in total. The van der Waals surface area contributed by atoms with Crippen molar-refractivity contribution >= 4 is 43.1 Å². The number of nitrogens with one attached hydrogen (secondary N) is 1. The van der Waals surface area contributed by atoms with Crippen molar-refractivity contribution in [3.05, 3.63) is 64.3 Å². The summed E-state index contributed by atoms with van der Waals surface area (Å²) in [5.74, 6) is 0. The second-order valence-electron chi connectivity index (χ2n) is 5.57. The first-order valence-electron chi connectivity index (χ1n) is 7.82. The van der Waals surface area contributed by atoms with Crippen molar-refractivity contribution in [2.75, 3.05) is 0 Å². The molecule has 3 rings (SSSR count). The number of para-hydroxylation sites is 1. The summed E-state index contributed by atoms with van der Waals surface area (Å²) in [5.41, 5.74) is 3.07. The third-order valence-electron chi connectivity index (χ3n) is 4.09. The molecule has 0 saturated heterocycles. The van der Waals surface area contributed by atoms with Gasteiger partial charge < -0.3 is 4.57 Å². The van der Waals surface area contributed by atoms with Gasteiger partial charge >= 0.3 is 0 Å². The minimum atomic E-state index is -3.69. The summed E-state index contributed by atoms with van der Waals surface area (Å²) in [5, 5.41) is 5.03. The van der Waals surface area contributed by atoms with Crippen LogP contribution >= 0.6 is 15.9 Å². The Balaban J connectivity index is 1.91. The zero-order valence-corrected chi connectivity index (χ0v) is 16.3. The average molecular weight is 420 g/mol. The SMILES string of the molecule is CCn1c(C)c(/C=N/NS(=O)(=O)c2ccc(Br)cc2)c2ccccc21. The second-order valence-corrected chi connectivity index (χ2v) is 8.14. The van der Waals surface area contributed by atoms with Gasteiger partial charge in [-0.3, -0.25) is 0 Å². The molecule has 1 heterocycles. The number of benzene rings is 2. The Kier molecular flexibility index (Phi) is 4.96. The normalized spacial score (nSPS) is 12.1. The van der Waals surface area contributed by atoms with Crippen LogP contribution in [0.1, 0.15) is 18.2 Å². The van der Waals surface area contributed by atoms with Crippen LogP contribution in [-0.4, -0.2) is 19.2 Å². The number of rotatable bonds is 5. The Morgan fingerprint density at radius 2 is 1.84 bits per heavy atom. The van der Waals surface area contributed by atoms with Gasteiger partial charge in [-0.1, -0.05) is 34.1 Å². The van der Waals surface area contributed by atoms with Gasteiger partial charge in [0.2, 0.25) is 0 Å². The zero-order chi connectivity index (χ0) is 18.0. The smallest absolute Gasteiger partial charge is 0.276 e. The van der Waals surface area contributed by atoms with Crippen LogP contribution in [0, 0.1) is 6.92 Å². The second kappa shape index (κ2) is 7.01. The van der Waals surface area contributed by atoms with Crippen molar-refractivity contribution in [2.45, 2.75) is 25.3 Å². The summed E-state index contributed by atoms with van der Waals surface area (Å²) in [6, 6.07) is 14.4. The monoisotopic (exact) mass is 419 g/mol. The maximum absolute atomic E-state index is 12.3. The van der Waals surface area contributed by atoms with E-state index >= 15 is 0 Å². The van der Waals surface area contributed by atoms with E-state index in [9.17, 15) is 8.42 Å². The highest BCUT2D eigenvalue weighted by molar-refractivity contribution is 9.10. The lowest BCUT2D eigenvalue weighted by Gasteiger charge is -2.04. The molecule has 0 aliphatic rings. The van der Waals surface area contributed by atoms with Crippen molar-refractivity contribution in [3.63, 3.8) is 0 Å². The summed E-state index contributed by atoms with van der Waals surface area (Å²) in [6.45, 7) is 4.93. The molecule has 0 amide bonds.